The first-order chi connectivity index (χ1) is 13.5. The predicted octanol–water partition coefficient (Wildman–Crippen LogP) is 5.46. The van der Waals surface area contributed by atoms with Crippen molar-refractivity contribution in [3.8, 4) is 0 Å². The predicted molar refractivity (Wildman–Crippen MR) is 112 cm³/mol. The molecule has 3 rings (SSSR count). The van der Waals surface area contributed by atoms with Gasteiger partial charge in [-0.25, -0.2) is 4.39 Å². The molecular formula is C21H16ClFN2O2S. The van der Waals surface area contributed by atoms with Crippen molar-refractivity contribution < 1.29 is 14.0 Å². The minimum atomic E-state index is -0.571. The average molecular weight is 415 g/mol. The van der Waals surface area contributed by atoms with Crippen LogP contribution in [-0.4, -0.2) is 17.6 Å². The van der Waals surface area contributed by atoms with Crippen LogP contribution in [-0.2, 0) is 4.79 Å². The van der Waals surface area contributed by atoms with E-state index in [1.54, 1.807) is 54.6 Å². The van der Waals surface area contributed by atoms with E-state index in [-0.39, 0.29) is 17.2 Å². The van der Waals surface area contributed by atoms with Crippen LogP contribution in [0.3, 0.4) is 0 Å². The van der Waals surface area contributed by atoms with E-state index in [0.29, 0.717) is 16.4 Å². The number of hydrogen-bond donors (Lipinski definition) is 2. The highest BCUT2D eigenvalue weighted by Crippen LogP contribution is 2.22. The molecule has 0 radical (unpaired) electrons. The van der Waals surface area contributed by atoms with E-state index >= 15 is 0 Å². The van der Waals surface area contributed by atoms with Crippen LogP contribution in [0, 0.1) is 5.82 Å². The minimum absolute atomic E-state index is 0.0152. The lowest BCUT2D eigenvalue weighted by molar-refractivity contribution is -0.113. The summed E-state index contributed by atoms with van der Waals surface area (Å²) in [5, 5.41) is 5.98. The molecule has 0 atom stereocenters. The molecular weight excluding hydrogens is 399 g/mol. The van der Waals surface area contributed by atoms with E-state index in [0.717, 1.165) is 4.90 Å². The Labute approximate surface area is 171 Å². The second-order valence-corrected chi connectivity index (χ2v) is 7.29. The zero-order valence-corrected chi connectivity index (χ0v) is 16.2. The van der Waals surface area contributed by atoms with E-state index in [1.165, 1.54) is 30.0 Å². The van der Waals surface area contributed by atoms with Crippen LogP contribution >= 0.6 is 23.4 Å². The zero-order valence-electron chi connectivity index (χ0n) is 14.6. The lowest BCUT2D eigenvalue weighted by atomic mass is 10.2. The van der Waals surface area contributed by atoms with Gasteiger partial charge in [-0.2, -0.15) is 0 Å². The van der Waals surface area contributed by atoms with Crippen molar-refractivity contribution in [2.45, 2.75) is 4.90 Å². The fraction of sp³-hybridized carbons (Fsp3) is 0.0476. The molecule has 2 amide bonds. The first-order valence-corrected chi connectivity index (χ1v) is 9.72. The van der Waals surface area contributed by atoms with E-state index in [9.17, 15) is 14.0 Å². The molecule has 0 spiro atoms. The molecule has 7 heteroatoms. The number of benzene rings is 3. The second-order valence-electron chi connectivity index (χ2n) is 5.81. The number of amides is 2. The van der Waals surface area contributed by atoms with Gasteiger partial charge in [0.1, 0.15) is 5.82 Å². The van der Waals surface area contributed by atoms with Gasteiger partial charge < -0.3 is 10.6 Å². The van der Waals surface area contributed by atoms with Crippen LogP contribution in [0.5, 0.6) is 0 Å². The van der Waals surface area contributed by atoms with Crippen LogP contribution < -0.4 is 10.6 Å². The summed E-state index contributed by atoms with van der Waals surface area (Å²) in [5.74, 6) is -1.01. The van der Waals surface area contributed by atoms with Crippen LogP contribution in [0.2, 0.25) is 5.02 Å². The third-order valence-corrected chi connectivity index (χ3v) is 4.96. The number of halogens is 2. The topological polar surface area (TPSA) is 58.2 Å². The zero-order chi connectivity index (χ0) is 19.9. The van der Waals surface area contributed by atoms with Gasteiger partial charge in [0, 0.05) is 21.3 Å². The van der Waals surface area contributed by atoms with E-state index in [4.69, 9.17) is 11.6 Å². The number of rotatable bonds is 6. The molecule has 0 aliphatic rings. The number of hydrogen-bond acceptors (Lipinski definition) is 3. The van der Waals surface area contributed by atoms with Crippen molar-refractivity contribution in [2.24, 2.45) is 0 Å². The van der Waals surface area contributed by atoms with Crippen molar-refractivity contribution in [1.82, 2.24) is 0 Å². The molecule has 0 saturated heterocycles. The largest absolute Gasteiger partial charge is 0.325 e. The summed E-state index contributed by atoms with van der Waals surface area (Å²) in [5.41, 5.74) is 1.17. The van der Waals surface area contributed by atoms with Gasteiger partial charge in [-0.15, -0.1) is 11.8 Å². The van der Waals surface area contributed by atoms with Gasteiger partial charge in [0.2, 0.25) is 5.91 Å². The van der Waals surface area contributed by atoms with Gasteiger partial charge >= 0.3 is 0 Å². The monoisotopic (exact) mass is 414 g/mol. The Morgan fingerprint density at radius 1 is 0.893 bits per heavy atom. The second kappa shape index (κ2) is 9.39. The third kappa shape index (κ3) is 5.58. The molecule has 0 aliphatic heterocycles. The van der Waals surface area contributed by atoms with Gasteiger partial charge in [-0.3, -0.25) is 9.59 Å². The molecule has 0 aliphatic carbocycles. The van der Waals surface area contributed by atoms with Crippen molar-refractivity contribution >= 4 is 46.6 Å². The lowest BCUT2D eigenvalue weighted by Gasteiger charge is -2.08. The van der Waals surface area contributed by atoms with Crippen molar-refractivity contribution in [3.63, 3.8) is 0 Å². The van der Waals surface area contributed by atoms with Gasteiger partial charge in [-0.1, -0.05) is 29.8 Å². The molecule has 0 fully saturated rings. The molecule has 0 aromatic heterocycles. The van der Waals surface area contributed by atoms with Crippen LogP contribution in [0.1, 0.15) is 10.4 Å². The van der Waals surface area contributed by atoms with Gasteiger partial charge in [-0.05, 0) is 54.6 Å². The molecule has 4 nitrogen and oxygen atoms in total. The fourth-order valence-corrected chi connectivity index (χ4v) is 3.28. The lowest BCUT2D eigenvalue weighted by Crippen LogP contribution is -2.14. The highest BCUT2D eigenvalue weighted by molar-refractivity contribution is 8.00. The Morgan fingerprint density at radius 3 is 2.36 bits per heavy atom. The van der Waals surface area contributed by atoms with Crippen molar-refractivity contribution in [3.05, 3.63) is 89.2 Å². The van der Waals surface area contributed by atoms with E-state index < -0.39 is 11.7 Å². The Hall–Kier alpha value is -2.83. The molecule has 142 valence electrons. The molecule has 28 heavy (non-hydrogen) atoms. The first-order valence-electron chi connectivity index (χ1n) is 8.35. The van der Waals surface area contributed by atoms with Crippen LogP contribution in [0.15, 0.2) is 77.7 Å². The maximum atomic E-state index is 13.7. The highest BCUT2D eigenvalue weighted by Gasteiger charge is 2.11. The summed E-state index contributed by atoms with van der Waals surface area (Å²) in [6.07, 6.45) is 0. The number of carbonyl (C=O) groups excluding carboxylic acids is 2. The summed E-state index contributed by atoms with van der Waals surface area (Å²) in [7, 11) is 0. The fourth-order valence-electron chi connectivity index (χ4n) is 2.39. The average Bonchev–Trinajstić information content (AvgIpc) is 2.68. The minimum Gasteiger partial charge on any atom is -0.325 e. The van der Waals surface area contributed by atoms with E-state index in [1.807, 2.05) is 0 Å². The maximum Gasteiger partial charge on any atom is 0.258 e. The van der Waals surface area contributed by atoms with Gasteiger partial charge in [0.25, 0.3) is 5.91 Å². The smallest absolute Gasteiger partial charge is 0.258 e. The molecule has 0 bridgehead atoms. The molecule has 3 aromatic carbocycles. The summed E-state index contributed by atoms with van der Waals surface area (Å²) < 4.78 is 13.7. The quantitative estimate of drug-likeness (QED) is 0.526. The van der Waals surface area contributed by atoms with Crippen molar-refractivity contribution in [1.29, 1.82) is 0 Å². The highest BCUT2D eigenvalue weighted by atomic mass is 35.5. The van der Waals surface area contributed by atoms with Gasteiger partial charge in [0.05, 0.1) is 11.3 Å². The summed E-state index contributed by atoms with van der Waals surface area (Å²) in [6.45, 7) is 0. The summed E-state index contributed by atoms with van der Waals surface area (Å²) >= 11 is 7.25. The molecule has 2 N–H and O–H groups in total. The number of nitrogens with one attached hydrogen (secondary N) is 2. The molecule has 0 unspecified atom stereocenters. The maximum absolute atomic E-state index is 13.7. The summed E-state index contributed by atoms with van der Waals surface area (Å²) in [6, 6.07) is 19.7. The SMILES string of the molecule is O=C(CSc1ccc(NC(=O)c2ccccc2F)cc1)Nc1cccc(Cl)c1. The Kier molecular flexibility index (Phi) is 6.68. The Balaban J connectivity index is 1.52. The van der Waals surface area contributed by atoms with E-state index in [2.05, 4.69) is 10.6 Å². The van der Waals surface area contributed by atoms with Gasteiger partial charge in [0.15, 0.2) is 0 Å². The summed E-state index contributed by atoms with van der Waals surface area (Å²) in [4.78, 5) is 25.0. The standard InChI is InChI=1S/C21H16ClFN2O2S/c22-14-4-3-5-16(12-14)24-20(26)13-28-17-10-8-15(9-11-17)25-21(27)18-6-1-2-7-19(18)23/h1-12H,13H2,(H,24,26)(H,25,27). The molecule has 0 saturated carbocycles. The Bertz CT molecular complexity index is 996. The van der Waals surface area contributed by atoms with Crippen LogP contribution in [0.4, 0.5) is 15.8 Å². The number of carbonyl (C=O) groups is 2. The van der Waals surface area contributed by atoms with Crippen LogP contribution in [0.25, 0.3) is 0 Å². The third-order valence-electron chi connectivity index (χ3n) is 3.71. The molecule has 3 aromatic rings. The number of thioether (sulfide) groups is 1. The van der Waals surface area contributed by atoms with Crippen molar-refractivity contribution in [2.75, 3.05) is 16.4 Å². The first kappa shape index (κ1) is 19.9. The molecule has 0 heterocycles. The normalized spacial score (nSPS) is 10.4. The number of anilines is 2. The Morgan fingerprint density at radius 2 is 1.64 bits per heavy atom.